The molecule has 9 aromatic carbocycles. The summed E-state index contributed by atoms with van der Waals surface area (Å²) in [6.07, 6.45) is 0. The lowest BCUT2D eigenvalue weighted by atomic mass is 9.43. The molecule has 0 bridgehead atoms. The van der Waals surface area contributed by atoms with Gasteiger partial charge in [-0.3, -0.25) is 0 Å². The summed E-state index contributed by atoms with van der Waals surface area (Å²) in [7, 11) is 0. The van der Waals surface area contributed by atoms with E-state index in [-0.39, 0.29) is 28.5 Å². The van der Waals surface area contributed by atoms with E-state index in [0.29, 0.717) is 0 Å². The second kappa shape index (κ2) is 15.3. The van der Waals surface area contributed by atoms with Crippen LogP contribution in [0.1, 0.15) is 104 Å². The van der Waals surface area contributed by atoms with Crippen molar-refractivity contribution in [2.24, 2.45) is 0 Å². The van der Waals surface area contributed by atoms with Gasteiger partial charge in [-0.15, -0.1) is 11.3 Å². The zero-order valence-electron chi connectivity index (χ0n) is 45.5. The van der Waals surface area contributed by atoms with Crippen molar-refractivity contribution in [1.29, 1.82) is 0 Å². The van der Waals surface area contributed by atoms with Crippen LogP contribution < -0.4 is 15.7 Å². The number of nitrogens with zero attached hydrogens (tertiary/aromatic N) is 2. The molecule has 0 fully saturated rings. The van der Waals surface area contributed by atoms with Gasteiger partial charge < -0.3 is 13.8 Å². The number of thiophene rings is 1. The molecule has 0 spiro atoms. The Balaban J connectivity index is 1.17. The smallest absolute Gasteiger partial charge is 0.333 e. The van der Waals surface area contributed by atoms with E-state index in [1.54, 1.807) is 0 Å². The van der Waals surface area contributed by atoms with E-state index in [9.17, 15) is 0 Å². The fraction of sp³-hybridized carbons (Fsp3) is 0.211. The summed E-state index contributed by atoms with van der Waals surface area (Å²) in [5.74, 6) is 0. The fourth-order valence-corrected chi connectivity index (χ4v) is 15.0. The summed E-state index contributed by atoms with van der Waals surface area (Å²) >= 11 is 1.93. The van der Waals surface area contributed by atoms with Crippen LogP contribution in [0.15, 0.2) is 174 Å². The van der Waals surface area contributed by atoms with Crippen LogP contribution in [0.25, 0.3) is 103 Å². The average Bonchev–Trinajstić information content (AvgIpc) is 4.29. The minimum atomic E-state index is -0.301. The summed E-state index contributed by atoms with van der Waals surface area (Å²) < 4.78 is 11.0. The third kappa shape index (κ3) is 6.24. The lowest BCUT2D eigenvalue weighted by molar-refractivity contribution is 0.590. The van der Waals surface area contributed by atoms with Gasteiger partial charge in [-0.25, -0.2) is 0 Å². The summed E-state index contributed by atoms with van der Waals surface area (Å²) in [6, 6.07) is 65.3. The van der Waals surface area contributed by atoms with Crippen molar-refractivity contribution in [1.82, 2.24) is 4.57 Å². The molecule has 3 nitrogen and oxygen atoms in total. The maximum absolute atomic E-state index is 7.03. The number of aromatic nitrogens is 1. The van der Waals surface area contributed by atoms with Gasteiger partial charge in [0.05, 0.1) is 11.0 Å². The molecule has 3 aromatic heterocycles. The molecule has 0 radical (unpaired) electrons. The zero-order chi connectivity index (χ0) is 52.1. The van der Waals surface area contributed by atoms with E-state index >= 15 is 0 Å². The highest BCUT2D eigenvalue weighted by molar-refractivity contribution is 7.23. The third-order valence-electron chi connectivity index (χ3n) is 17.6. The van der Waals surface area contributed by atoms with E-state index in [2.05, 4.69) is 255 Å². The van der Waals surface area contributed by atoms with Crippen molar-refractivity contribution >= 4 is 94.3 Å². The van der Waals surface area contributed by atoms with Gasteiger partial charge in [-0.2, -0.15) is 0 Å². The van der Waals surface area contributed by atoms with Crippen molar-refractivity contribution in [3.8, 4) is 49.5 Å². The van der Waals surface area contributed by atoms with E-state index in [4.69, 9.17) is 4.42 Å². The fourth-order valence-electron chi connectivity index (χ4n) is 13.7. The molecule has 0 unspecified atom stereocenters. The summed E-state index contributed by atoms with van der Waals surface area (Å²) in [5, 5.41) is 6.30. The largest absolute Gasteiger partial charge is 0.456 e. The molecule has 15 rings (SSSR count). The van der Waals surface area contributed by atoms with Crippen molar-refractivity contribution in [2.45, 2.75) is 97.8 Å². The van der Waals surface area contributed by atoms with Gasteiger partial charge in [-0.1, -0.05) is 185 Å². The highest BCUT2D eigenvalue weighted by Gasteiger charge is 2.50. The van der Waals surface area contributed by atoms with E-state index in [0.717, 1.165) is 22.2 Å². The molecule has 0 saturated carbocycles. The topological polar surface area (TPSA) is 21.3 Å². The standard InChI is InChI=1S/C71H61BN2OS/c1-68(2,3)42-26-30-45(31-27-42)74-55-39-58-48(47-34-44(70(7,8)9)29-33-57(47)75-58)36-50(55)62-61-46-24-18-19-25-52(46)71(10,11)64(61)63-49-35-43(69(4,5)6)28-32-54(49)73-56-37-51-59(38-53(56)72(74)65(62)66(63)73)76-67(41-22-16-13-17-23-41)60(51)40-20-14-12-15-21-40/h12-39H,1-11H3. The van der Waals surface area contributed by atoms with Gasteiger partial charge in [0.1, 0.15) is 11.2 Å². The van der Waals surface area contributed by atoms with Gasteiger partial charge in [0, 0.05) is 76.2 Å². The van der Waals surface area contributed by atoms with Gasteiger partial charge in [0.15, 0.2) is 0 Å². The first kappa shape index (κ1) is 45.8. The van der Waals surface area contributed by atoms with E-state index in [1.165, 1.54) is 131 Å². The third-order valence-corrected chi connectivity index (χ3v) is 18.8. The van der Waals surface area contributed by atoms with Crippen LogP contribution in [0.5, 0.6) is 0 Å². The van der Waals surface area contributed by atoms with Crippen LogP contribution >= 0.6 is 11.3 Å². The quantitative estimate of drug-likeness (QED) is 0.165. The molecule has 0 N–H and O–H groups in total. The number of hydrogen-bond acceptors (Lipinski definition) is 3. The lowest BCUT2D eigenvalue weighted by Crippen LogP contribution is -2.60. The lowest BCUT2D eigenvalue weighted by Gasteiger charge is -2.43. The summed E-state index contributed by atoms with van der Waals surface area (Å²) in [4.78, 5) is 3.99. The van der Waals surface area contributed by atoms with Crippen LogP contribution in [-0.4, -0.2) is 11.4 Å². The van der Waals surface area contributed by atoms with Crippen molar-refractivity contribution in [3.63, 3.8) is 0 Å². The molecular formula is C71H61BN2OS. The Kier molecular flexibility index (Phi) is 9.21. The summed E-state index contributed by atoms with van der Waals surface area (Å²) in [6.45, 7) is 25.7. The van der Waals surface area contributed by atoms with Crippen LogP contribution in [-0.2, 0) is 21.7 Å². The molecule has 0 amide bonds. The van der Waals surface area contributed by atoms with Gasteiger partial charge >= 0.3 is 6.85 Å². The minimum absolute atomic E-state index is 0.00776. The summed E-state index contributed by atoms with van der Waals surface area (Å²) in [5.41, 5.74) is 26.1. The Morgan fingerprint density at radius 1 is 0.500 bits per heavy atom. The Morgan fingerprint density at radius 2 is 1.12 bits per heavy atom. The number of hydrogen-bond donors (Lipinski definition) is 0. The van der Waals surface area contributed by atoms with Crippen molar-refractivity contribution in [2.75, 3.05) is 4.81 Å². The highest BCUT2D eigenvalue weighted by atomic mass is 32.1. The number of fused-ring (bicyclic) bond motifs is 17. The van der Waals surface area contributed by atoms with Gasteiger partial charge in [-0.05, 0) is 137 Å². The second-order valence-corrected chi connectivity index (χ2v) is 26.7. The Bertz CT molecular complexity index is 4470. The maximum atomic E-state index is 7.03. The molecule has 0 atom stereocenters. The first-order valence-electron chi connectivity index (χ1n) is 27.3. The Morgan fingerprint density at radius 3 is 1.82 bits per heavy atom. The van der Waals surface area contributed by atoms with Crippen LogP contribution in [0.3, 0.4) is 0 Å². The number of furan rings is 1. The van der Waals surface area contributed by atoms with Crippen LogP contribution in [0, 0.1) is 0 Å². The van der Waals surface area contributed by atoms with Crippen LogP contribution in [0.2, 0.25) is 0 Å². The van der Waals surface area contributed by atoms with Crippen LogP contribution in [0.4, 0.5) is 11.4 Å². The SMILES string of the molecule is CC(C)(C)c1ccc(N2B3c4cc5sc(-c6ccccc6)c(-c6ccccc6)c5cc4-n4c5ccc(C(C)(C)C)cc5c5c6c(c(c3c54)-c3cc4c(cc32)oc2ccc(C(C)(C)C)cc24)-c2ccccc2C6(C)C)cc1. The molecule has 5 heteroatoms. The minimum Gasteiger partial charge on any atom is -0.456 e. The maximum Gasteiger partial charge on any atom is 0.333 e. The Labute approximate surface area is 450 Å². The van der Waals surface area contributed by atoms with E-state index < -0.39 is 0 Å². The number of rotatable bonds is 3. The molecule has 2 aliphatic heterocycles. The first-order chi connectivity index (χ1) is 36.4. The van der Waals surface area contributed by atoms with Crippen molar-refractivity contribution in [3.05, 3.63) is 198 Å². The number of anilines is 2. The van der Waals surface area contributed by atoms with Crippen molar-refractivity contribution < 1.29 is 4.42 Å². The molecule has 370 valence electrons. The monoisotopic (exact) mass is 1000 g/mol. The molecule has 12 aromatic rings. The average molecular weight is 1000 g/mol. The zero-order valence-corrected chi connectivity index (χ0v) is 46.3. The molecular weight excluding hydrogens is 940 g/mol. The molecule has 1 aliphatic carbocycles. The molecule has 3 aliphatic rings. The molecule has 76 heavy (non-hydrogen) atoms. The predicted octanol–water partition coefficient (Wildman–Crippen LogP) is 18.7. The van der Waals surface area contributed by atoms with E-state index in [1.807, 2.05) is 11.3 Å². The normalized spacial score (nSPS) is 14.6. The number of benzene rings is 9. The molecule has 0 saturated heterocycles. The second-order valence-electron chi connectivity index (χ2n) is 25.7. The first-order valence-corrected chi connectivity index (χ1v) is 28.1. The Hall–Kier alpha value is -7.60. The predicted molar refractivity (Wildman–Crippen MR) is 327 cm³/mol. The highest BCUT2D eigenvalue weighted by Crippen LogP contribution is 2.60. The molecule has 5 heterocycles. The van der Waals surface area contributed by atoms with Gasteiger partial charge in [0.2, 0.25) is 0 Å². The van der Waals surface area contributed by atoms with Gasteiger partial charge in [0.25, 0.3) is 0 Å².